The van der Waals surface area contributed by atoms with Gasteiger partial charge in [-0.05, 0) is 49.3 Å². The van der Waals surface area contributed by atoms with Gasteiger partial charge in [-0.3, -0.25) is 0 Å². The number of nitrogens with zero attached hydrogens (tertiary/aromatic N) is 1. The van der Waals surface area contributed by atoms with Gasteiger partial charge in [0.05, 0.1) is 11.7 Å². The van der Waals surface area contributed by atoms with Crippen molar-refractivity contribution >= 4 is 23.6 Å². The fraction of sp³-hybridized carbons (Fsp3) is 1.00. The van der Waals surface area contributed by atoms with Gasteiger partial charge in [-0.2, -0.15) is 0 Å². The van der Waals surface area contributed by atoms with Crippen LogP contribution in [-0.2, 0) is 9.31 Å². The smallest absolute Gasteiger partial charge is 0.404 e. The number of rotatable bonds is 6. The average molecular weight is 412 g/mol. The van der Waals surface area contributed by atoms with Crippen LogP contribution in [0.25, 0.3) is 0 Å². The first-order chi connectivity index (χ1) is 12.8. The Bertz CT molecular complexity index is 636. The average Bonchev–Trinajstić information content (AvgIpc) is 2.85. The molecule has 0 aromatic rings. The molecule has 0 radical (unpaired) electrons. The Hall–Kier alpha value is 0.379. The quantitative estimate of drug-likeness (QED) is 0.528. The second-order valence-corrected chi connectivity index (χ2v) is 22.4. The number of hydrogen-bond donors (Lipinski definition) is 0. The first-order valence-electron chi connectivity index (χ1n) is 12.0. The molecular weight excluding hydrogens is 365 g/mol. The van der Waals surface area contributed by atoms with Crippen LogP contribution in [0.1, 0.15) is 56.6 Å². The van der Waals surface area contributed by atoms with E-state index in [1.807, 2.05) is 13.8 Å². The lowest BCUT2D eigenvalue weighted by Crippen LogP contribution is -2.68. The van der Waals surface area contributed by atoms with Gasteiger partial charge in [0.25, 0.3) is 0 Å². The van der Waals surface area contributed by atoms with Crippen molar-refractivity contribution in [3.63, 3.8) is 0 Å². The van der Waals surface area contributed by atoms with E-state index in [1.54, 1.807) is 0 Å². The second kappa shape index (κ2) is 6.69. The maximum Gasteiger partial charge on any atom is 0.474 e. The molecule has 1 heterocycles. The van der Waals surface area contributed by atoms with Gasteiger partial charge in [0.15, 0.2) is 0 Å². The monoisotopic (exact) mass is 411 g/mol. The van der Waals surface area contributed by atoms with Crippen LogP contribution >= 0.6 is 0 Å². The van der Waals surface area contributed by atoms with Crippen molar-refractivity contribution in [2.45, 2.75) is 111 Å². The van der Waals surface area contributed by atoms with Crippen molar-refractivity contribution in [2.24, 2.45) is 23.2 Å². The highest BCUT2D eigenvalue weighted by Gasteiger charge is 2.69. The minimum Gasteiger partial charge on any atom is -0.404 e. The van der Waals surface area contributed by atoms with E-state index in [-0.39, 0.29) is 23.6 Å². The third-order valence-electron chi connectivity index (χ3n) is 7.45. The van der Waals surface area contributed by atoms with Crippen LogP contribution in [0.5, 0.6) is 0 Å². The molecule has 1 saturated heterocycles. The van der Waals surface area contributed by atoms with E-state index in [0.29, 0.717) is 17.3 Å². The van der Waals surface area contributed by atoms with Crippen molar-refractivity contribution in [1.82, 2.24) is 4.23 Å². The molecular formula is C21H44BNO2Si2. The van der Waals surface area contributed by atoms with Gasteiger partial charge in [-0.15, -0.1) is 0 Å². The third-order valence-corrected chi connectivity index (χ3v) is 14.9. The van der Waals surface area contributed by atoms with E-state index in [2.05, 4.69) is 64.3 Å². The zero-order valence-electron chi connectivity index (χ0n) is 21.6. The van der Waals surface area contributed by atoms with Gasteiger partial charge in [-0.1, -0.05) is 67.0 Å². The van der Waals surface area contributed by atoms with Crippen molar-refractivity contribution in [3.05, 3.63) is 0 Å². The third kappa shape index (κ3) is 3.67. The van der Waals surface area contributed by atoms with E-state index >= 15 is 0 Å². The second-order valence-electron chi connectivity index (χ2n) is 12.3. The Labute approximate surface area is 174 Å². The summed E-state index contributed by atoms with van der Waals surface area (Å²) < 4.78 is 34.4. The lowest BCUT2D eigenvalue weighted by molar-refractivity contribution is -0.199. The molecule has 27 heavy (non-hydrogen) atoms. The Morgan fingerprint density at radius 1 is 1.07 bits per heavy atom. The molecule has 2 bridgehead atoms. The minimum atomic E-state index is -1.82. The zero-order chi connectivity index (χ0) is 22.4. The van der Waals surface area contributed by atoms with E-state index in [0.717, 1.165) is 6.42 Å². The number of hydrogen-bond acceptors (Lipinski definition) is 3. The van der Waals surface area contributed by atoms with Crippen molar-refractivity contribution < 1.29 is 12.1 Å². The topological polar surface area (TPSA) is 21.7 Å². The molecule has 0 aromatic carbocycles. The molecule has 0 unspecified atom stereocenters. The highest BCUT2D eigenvalue weighted by Crippen LogP contribution is 2.66. The molecule has 6 heteroatoms. The molecule has 4 fully saturated rings. The molecule has 3 saturated carbocycles. The van der Waals surface area contributed by atoms with E-state index in [9.17, 15) is 0 Å². The molecule has 0 aromatic heterocycles. The van der Waals surface area contributed by atoms with Crippen LogP contribution in [0.15, 0.2) is 0 Å². The maximum atomic E-state index is 9.17. The summed E-state index contributed by atoms with van der Waals surface area (Å²) in [6.45, 7) is 25.1. The lowest BCUT2D eigenvalue weighted by atomic mass is 9.43. The van der Waals surface area contributed by atoms with Gasteiger partial charge < -0.3 is 13.5 Å². The van der Waals surface area contributed by atoms with Crippen molar-refractivity contribution in [1.29, 1.82) is 0 Å². The molecule has 0 amide bonds. The van der Waals surface area contributed by atoms with E-state index < -0.39 is 30.0 Å². The standard InChI is InChI=1S/C21H44BNO2Si2/c1-15(2)12-19(23(26(6,7)8)27(9,10)11)22-24-18-14-16-13-17(20(16,3)4)21(18,5)25-22/h15-19H,12-14H2,1-11H3/t16-,17-,18+,19-,21-/m0/s1/i12D2. The van der Waals surface area contributed by atoms with Gasteiger partial charge >= 0.3 is 7.12 Å². The van der Waals surface area contributed by atoms with Crippen LogP contribution in [0, 0.1) is 23.2 Å². The van der Waals surface area contributed by atoms with E-state index in [4.69, 9.17) is 12.1 Å². The largest absolute Gasteiger partial charge is 0.474 e. The highest BCUT2D eigenvalue weighted by molar-refractivity contribution is 6.90. The molecule has 0 spiro atoms. The Balaban J connectivity index is 2.03. The molecule has 156 valence electrons. The zero-order valence-corrected chi connectivity index (χ0v) is 21.6. The molecule has 3 nitrogen and oxygen atoms in total. The maximum absolute atomic E-state index is 9.17. The summed E-state index contributed by atoms with van der Waals surface area (Å²) >= 11 is 0. The Morgan fingerprint density at radius 2 is 1.63 bits per heavy atom. The van der Waals surface area contributed by atoms with Crippen molar-refractivity contribution in [2.75, 3.05) is 0 Å². The Morgan fingerprint density at radius 3 is 2.07 bits per heavy atom. The highest BCUT2D eigenvalue weighted by atomic mass is 28.4. The predicted octanol–water partition coefficient (Wildman–Crippen LogP) is 5.64. The molecule has 5 atom stereocenters. The van der Waals surface area contributed by atoms with Crippen LogP contribution in [0.4, 0.5) is 0 Å². The molecule has 4 rings (SSSR count). The van der Waals surface area contributed by atoms with Gasteiger partial charge in [0, 0.05) is 8.68 Å². The van der Waals surface area contributed by atoms with Gasteiger partial charge in [0.2, 0.25) is 0 Å². The van der Waals surface area contributed by atoms with Crippen molar-refractivity contribution in [3.8, 4) is 0 Å². The summed E-state index contributed by atoms with van der Waals surface area (Å²) in [4.78, 5) is 0. The fourth-order valence-electron chi connectivity index (χ4n) is 6.49. The van der Waals surface area contributed by atoms with Gasteiger partial charge in [0.1, 0.15) is 16.5 Å². The summed E-state index contributed by atoms with van der Waals surface area (Å²) in [5.74, 6) is 0.749. The fourth-order valence-corrected chi connectivity index (χ4v) is 16.6. The lowest BCUT2D eigenvalue weighted by Gasteiger charge is -2.64. The van der Waals surface area contributed by atoms with Crippen LogP contribution < -0.4 is 0 Å². The molecule has 4 aliphatic rings. The van der Waals surface area contributed by atoms with Crippen LogP contribution in [0.3, 0.4) is 0 Å². The van der Waals surface area contributed by atoms with Gasteiger partial charge in [-0.25, -0.2) is 0 Å². The summed E-state index contributed by atoms with van der Waals surface area (Å²) in [5.41, 5.74) is 0.00603. The first kappa shape index (κ1) is 19.3. The normalized spacial score (nSPS) is 38.4. The molecule has 0 N–H and O–H groups in total. The molecule has 3 aliphatic carbocycles. The first-order valence-corrected chi connectivity index (χ1v) is 17.9. The minimum absolute atomic E-state index is 0.0971. The predicted molar refractivity (Wildman–Crippen MR) is 122 cm³/mol. The Kier molecular flexibility index (Phi) is 4.80. The molecule has 1 aliphatic heterocycles. The SMILES string of the molecule is [2H]C([2H])(C(C)C)[C@@H](B1O[C@@H]2C[C@@H]3C[C@@H](C3(C)C)[C@]2(C)O1)N([Si](C)(C)C)[Si](C)(C)C. The van der Waals surface area contributed by atoms with Crippen LogP contribution in [0.2, 0.25) is 39.3 Å². The summed E-state index contributed by atoms with van der Waals surface area (Å²) in [7, 11) is -4.13. The van der Waals surface area contributed by atoms with Crippen LogP contribution in [-0.4, -0.2) is 45.5 Å². The van der Waals surface area contributed by atoms with E-state index in [1.165, 1.54) is 6.42 Å². The summed E-state index contributed by atoms with van der Waals surface area (Å²) in [6, 6.07) is 0. The summed E-state index contributed by atoms with van der Waals surface area (Å²) in [5, 5.41) is 0. The summed E-state index contributed by atoms with van der Waals surface area (Å²) in [6.07, 6.45) is 0.991.